The highest BCUT2D eigenvalue weighted by atomic mass is 79.9. The number of nitrogens with zero attached hydrogens (tertiary/aromatic N) is 1. The van der Waals surface area contributed by atoms with Crippen LogP contribution < -0.4 is 5.56 Å². The van der Waals surface area contributed by atoms with Crippen LogP contribution in [0.5, 0.6) is 0 Å². The normalized spacial score (nSPS) is 10.3. The summed E-state index contributed by atoms with van der Waals surface area (Å²) in [6.07, 6.45) is 1.75. The first-order chi connectivity index (χ1) is 7.18. The van der Waals surface area contributed by atoms with Crippen molar-refractivity contribution in [3.8, 4) is 5.69 Å². The van der Waals surface area contributed by atoms with E-state index in [1.807, 2.05) is 30.3 Å². The van der Waals surface area contributed by atoms with E-state index in [1.54, 1.807) is 16.8 Å². The van der Waals surface area contributed by atoms with Crippen LogP contribution in [-0.2, 0) is 0 Å². The lowest BCUT2D eigenvalue weighted by Crippen LogP contribution is -2.17. The van der Waals surface area contributed by atoms with Crippen LogP contribution in [-0.4, -0.2) is 4.57 Å². The minimum absolute atomic E-state index is 0.0654. The van der Waals surface area contributed by atoms with Gasteiger partial charge in [-0.2, -0.15) is 0 Å². The predicted octanol–water partition coefficient (Wildman–Crippen LogP) is 3.36. The second kappa shape index (κ2) is 4.33. The molecule has 2 aromatic rings. The second-order valence-electron chi connectivity index (χ2n) is 3.02. The van der Waals surface area contributed by atoms with Gasteiger partial charge in [0.25, 0.3) is 5.56 Å². The Morgan fingerprint density at radius 2 is 1.73 bits per heavy atom. The fourth-order valence-electron chi connectivity index (χ4n) is 1.30. The molecular weight excluding hydrogens is 322 g/mol. The van der Waals surface area contributed by atoms with E-state index in [-0.39, 0.29) is 5.56 Å². The molecule has 0 radical (unpaired) electrons. The molecule has 0 spiro atoms. The van der Waals surface area contributed by atoms with Crippen molar-refractivity contribution in [1.82, 2.24) is 4.57 Å². The molecule has 0 N–H and O–H groups in total. The van der Waals surface area contributed by atoms with Crippen LogP contribution >= 0.6 is 31.9 Å². The minimum Gasteiger partial charge on any atom is -0.282 e. The van der Waals surface area contributed by atoms with Gasteiger partial charge in [-0.1, -0.05) is 18.2 Å². The predicted molar refractivity (Wildman–Crippen MR) is 67.4 cm³/mol. The monoisotopic (exact) mass is 327 g/mol. The van der Waals surface area contributed by atoms with Crippen molar-refractivity contribution in [2.45, 2.75) is 0 Å². The molecule has 2 rings (SSSR count). The van der Waals surface area contributed by atoms with Gasteiger partial charge in [-0.3, -0.25) is 9.36 Å². The van der Waals surface area contributed by atoms with Crippen LogP contribution in [0.15, 0.2) is 56.3 Å². The van der Waals surface area contributed by atoms with Crippen molar-refractivity contribution < 1.29 is 0 Å². The zero-order valence-corrected chi connectivity index (χ0v) is 10.8. The zero-order valence-electron chi connectivity index (χ0n) is 7.65. The third-order valence-electron chi connectivity index (χ3n) is 1.97. The number of halogens is 2. The third kappa shape index (κ3) is 2.21. The molecule has 0 atom stereocenters. The lowest BCUT2D eigenvalue weighted by Gasteiger charge is -2.06. The number of benzene rings is 1. The molecule has 0 unspecified atom stereocenters. The van der Waals surface area contributed by atoms with Gasteiger partial charge in [-0.15, -0.1) is 0 Å². The lowest BCUT2D eigenvalue weighted by molar-refractivity contribution is 0.973. The molecule has 0 aliphatic heterocycles. The Morgan fingerprint density at radius 1 is 1.07 bits per heavy atom. The Balaban J connectivity index is 2.69. The van der Waals surface area contributed by atoms with Crippen molar-refractivity contribution in [3.63, 3.8) is 0 Å². The molecular formula is C11H7Br2NO. The highest BCUT2D eigenvalue weighted by Gasteiger charge is 2.04. The van der Waals surface area contributed by atoms with Crippen LogP contribution in [0.1, 0.15) is 0 Å². The van der Waals surface area contributed by atoms with Crippen molar-refractivity contribution in [2.24, 2.45) is 0 Å². The average Bonchev–Trinajstić information content (AvgIpc) is 2.24. The highest BCUT2D eigenvalue weighted by Crippen LogP contribution is 2.15. The Labute approximate surface area is 104 Å². The highest BCUT2D eigenvalue weighted by molar-refractivity contribution is 9.11. The number of rotatable bonds is 1. The number of pyridine rings is 1. The fourth-order valence-corrected chi connectivity index (χ4v) is 2.48. The van der Waals surface area contributed by atoms with Crippen molar-refractivity contribution >= 4 is 31.9 Å². The van der Waals surface area contributed by atoms with Gasteiger partial charge in [-0.05, 0) is 50.1 Å². The molecule has 0 fully saturated rings. The van der Waals surface area contributed by atoms with Gasteiger partial charge in [0.15, 0.2) is 0 Å². The molecule has 0 saturated carbocycles. The van der Waals surface area contributed by atoms with Gasteiger partial charge in [-0.25, -0.2) is 0 Å². The maximum Gasteiger partial charge on any atom is 0.269 e. The first-order valence-electron chi connectivity index (χ1n) is 4.31. The topological polar surface area (TPSA) is 22.0 Å². The van der Waals surface area contributed by atoms with Gasteiger partial charge in [0, 0.05) is 16.4 Å². The van der Waals surface area contributed by atoms with E-state index in [2.05, 4.69) is 31.9 Å². The number of para-hydroxylation sites is 1. The van der Waals surface area contributed by atoms with Crippen molar-refractivity contribution in [1.29, 1.82) is 0 Å². The molecule has 1 heterocycles. The van der Waals surface area contributed by atoms with E-state index in [9.17, 15) is 4.79 Å². The molecule has 0 bridgehead atoms. The number of aromatic nitrogens is 1. The summed E-state index contributed by atoms with van der Waals surface area (Å²) in [5.74, 6) is 0. The summed E-state index contributed by atoms with van der Waals surface area (Å²) in [5.41, 5.74) is 0.786. The molecule has 0 aliphatic carbocycles. The Bertz CT molecular complexity index is 534. The first-order valence-corrected chi connectivity index (χ1v) is 5.90. The van der Waals surface area contributed by atoms with E-state index in [0.29, 0.717) is 4.47 Å². The third-order valence-corrected chi connectivity index (χ3v) is 2.98. The van der Waals surface area contributed by atoms with E-state index in [4.69, 9.17) is 0 Å². The summed E-state index contributed by atoms with van der Waals surface area (Å²) in [5, 5.41) is 0. The summed E-state index contributed by atoms with van der Waals surface area (Å²) in [6, 6.07) is 11.2. The summed E-state index contributed by atoms with van der Waals surface area (Å²) >= 11 is 6.59. The molecule has 2 nitrogen and oxygen atoms in total. The van der Waals surface area contributed by atoms with E-state index >= 15 is 0 Å². The van der Waals surface area contributed by atoms with Gasteiger partial charge in [0.2, 0.25) is 0 Å². The Hall–Kier alpha value is -0.870. The van der Waals surface area contributed by atoms with Crippen molar-refractivity contribution in [2.75, 3.05) is 0 Å². The van der Waals surface area contributed by atoms with E-state index in [1.165, 1.54) is 0 Å². The van der Waals surface area contributed by atoms with Crippen LogP contribution in [0.25, 0.3) is 5.69 Å². The molecule has 15 heavy (non-hydrogen) atoms. The standard InChI is InChI=1S/C11H7Br2NO/c12-8-6-10(13)11(15)14(7-8)9-4-2-1-3-5-9/h1-7H. The van der Waals surface area contributed by atoms with Gasteiger partial charge in [0.1, 0.15) is 0 Å². The zero-order chi connectivity index (χ0) is 10.8. The SMILES string of the molecule is O=c1c(Br)cc(Br)cn1-c1ccccc1. The summed E-state index contributed by atoms with van der Waals surface area (Å²) in [4.78, 5) is 11.8. The quantitative estimate of drug-likeness (QED) is 0.786. The molecule has 0 saturated heterocycles. The summed E-state index contributed by atoms with van der Waals surface area (Å²) in [7, 11) is 0. The Kier molecular flexibility index (Phi) is 3.07. The molecule has 0 amide bonds. The minimum atomic E-state index is -0.0654. The summed E-state index contributed by atoms with van der Waals surface area (Å²) < 4.78 is 2.99. The molecule has 1 aromatic carbocycles. The van der Waals surface area contributed by atoms with Gasteiger partial charge < -0.3 is 0 Å². The van der Waals surface area contributed by atoms with Crippen LogP contribution in [0, 0.1) is 0 Å². The number of hydrogen-bond donors (Lipinski definition) is 0. The van der Waals surface area contributed by atoms with Crippen LogP contribution in [0.3, 0.4) is 0 Å². The first kappa shape index (κ1) is 10.6. The van der Waals surface area contributed by atoms with Crippen LogP contribution in [0.2, 0.25) is 0 Å². The van der Waals surface area contributed by atoms with E-state index in [0.717, 1.165) is 10.2 Å². The van der Waals surface area contributed by atoms with Crippen LogP contribution in [0.4, 0.5) is 0 Å². The van der Waals surface area contributed by atoms with E-state index < -0.39 is 0 Å². The lowest BCUT2D eigenvalue weighted by atomic mass is 10.3. The smallest absolute Gasteiger partial charge is 0.269 e. The molecule has 1 aromatic heterocycles. The summed E-state index contributed by atoms with van der Waals surface area (Å²) in [6.45, 7) is 0. The molecule has 4 heteroatoms. The van der Waals surface area contributed by atoms with Gasteiger partial charge in [0.05, 0.1) is 4.47 Å². The largest absolute Gasteiger partial charge is 0.282 e. The maximum absolute atomic E-state index is 11.8. The molecule has 76 valence electrons. The fraction of sp³-hybridized carbons (Fsp3) is 0. The Morgan fingerprint density at radius 3 is 2.40 bits per heavy atom. The number of hydrogen-bond acceptors (Lipinski definition) is 1. The van der Waals surface area contributed by atoms with Crippen molar-refractivity contribution in [3.05, 3.63) is 61.9 Å². The second-order valence-corrected chi connectivity index (χ2v) is 4.79. The maximum atomic E-state index is 11.8. The van der Waals surface area contributed by atoms with Gasteiger partial charge >= 0.3 is 0 Å². The molecule has 0 aliphatic rings. The average molecular weight is 329 g/mol.